The number of ether oxygens (including phenoxy) is 2. The van der Waals surface area contributed by atoms with Gasteiger partial charge < -0.3 is 171 Å². The summed E-state index contributed by atoms with van der Waals surface area (Å²) in [4.78, 5) is 205. The lowest BCUT2D eigenvalue weighted by Crippen LogP contribution is -2.61. The van der Waals surface area contributed by atoms with Gasteiger partial charge in [-0.2, -0.15) is 0 Å². The molecule has 143 heavy (non-hydrogen) atoms. The van der Waals surface area contributed by atoms with Crippen molar-refractivity contribution in [3.8, 4) is 17.2 Å². The van der Waals surface area contributed by atoms with Crippen LogP contribution < -0.4 is 157 Å². The predicted octanol–water partition coefficient (Wildman–Crippen LogP) is -5.48. The van der Waals surface area contributed by atoms with E-state index < -0.39 is 204 Å². The van der Waals surface area contributed by atoms with Gasteiger partial charge in [0.15, 0.2) is 41.4 Å². The Morgan fingerprint density at radius 1 is 0.392 bits per heavy atom. The number of benzene rings is 4. The quantitative estimate of drug-likeness (QED) is 0.00645. The van der Waals surface area contributed by atoms with E-state index in [4.69, 9.17) is 93.5 Å². The normalized spacial score (nSPS) is 13.8. The molecule has 6 rings (SSSR count). The topological polar surface area (TPSA) is 886 Å². The summed E-state index contributed by atoms with van der Waals surface area (Å²) in [6.07, 6.45) is -2.92. The van der Waals surface area contributed by atoms with Crippen molar-refractivity contribution < 1.29 is 86.8 Å². The van der Waals surface area contributed by atoms with Crippen LogP contribution in [0.1, 0.15) is 133 Å². The maximum atomic E-state index is 15.1. The SMILES string of the molecule is CN(C)c1ccc2c(c1)Oc1cc(N(C)C)ccc1C21OC(=O)c2cc(C(=O)N[C@@H](CCCNC(=N)N)C(=O)N[C@@H](CCCNC(=N)N)C(=O)N[C@@H](CCCNC(=N)N)C(=O)N[C@@H](CCC(N)=O)C(=O)N[C@@H](CCCNC(=N)N)C(=O)N[C@@H](CCCNC(=N)N)C(=O)N[C@@H](CSSCCN)C(=O)N[C@@H](CSSCCN)C(=O)N[C@@H](CCCNC(=N)N)C(=O)NCC(=O)N[C@@H](Cc3ccc(O)cc3)C(=O)O)ccc21. The summed E-state index contributed by atoms with van der Waals surface area (Å²) in [5.41, 5.74) is 52.7. The zero-order valence-corrected chi connectivity index (χ0v) is 83.0. The summed E-state index contributed by atoms with van der Waals surface area (Å²) < 4.78 is 13.0. The Kier molecular flexibility index (Phi) is 49.2. The molecule has 52 nitrogen and oxygen atoms in total. The summed E-state index contributed by atoms with van der Waals surface area (Å²) >= 11 is 0. The molecule has 0 radical (unpaired) electrons. The largest absolute Gasteiger partial charge is 0.508 e. The van der Waals surface area contributed by atoms with Crippen molar-refractivity contribution in [1.82, 2.24) is 90.4 Å². The molecule has 0 aliphatic carbocycles. The number of esters is 1. The van der Waals surface area contributed by atoms with E-state index >= 15 is 28.8 Å². The molecule has 0 fully saturated rings. The zero-order valence-electron chi connectivity index (χ0n) is 79.7. The molecule has 1 spiro atoms. The van der Waals surface area contributed by atoms with E-state index in [0.29, 0.717) is 45.3 Å². The molecule has 12 amide bonds. The first-order valence-corrected chi connectivity index (χ1v) is 50.6. The van der Waals surface area contributed by atoms with Crippen LogP contribution in [0.15, 0.2) is 78.9 Å². The van der Waals surface area contributed by atoms with E-state index in [2.05, 4.69) is 90.4 Å². The second-order valence-electron chi connectivity index (χ2n) is 33.3. The third-order valence-corrected chi connectivity index (χ3v) is 26.7. The Hall–Kier alpha value is -14.4. The molecule has 2 heterocycles. The molecule has 0 unspecified atom stereocenters. The lowest BCUT2D eigenvalue weighted by molar-refractivity contribution is -0.141. The highest BCUT2D eigenvalue weighted by molar-refractivity contribution is 8.77. The van der Waals surface area contributed by atoms with E-state index in [1.165, 1.54) is 58.0 Å². The summed E-state index contributed by atoms with van der Waals surface area (Å²) in [6, 6.07) is 4.82. The van der Waals surface area contributed by atoms with Crippen LogP contribution in [0.4, 0.5) is 11.4 Å². The molecule has 56 heteroatoms. The molecule has 0 bridgehead atoms. The van der Waals surface area contributed by atoms with E-state index in [1.807, 2.05) is 62.3 Å². The van der Waals surface area contributed by atoms with Gasteiger partial charge in [0.1, 0.15) is 77.7 Å². The number of primary amides is 1. The number of guanidine groups is 6. The first kappa shape index (κ1) is 117. The fraction of sp³-hybridized carbons (Fsp3) is 0.494. The van der Waals surface area contributed by atoms with E-state index in [0.717, 1.165) is 33.0 Å². The van der Waals surface area contributed by atoms with Gasteiger partial charge in [0.05, 0.1) is 12.1 Å². The fourth-order valence-corrected chi connectivity index (χ4v) is 18.6. The molecule has 43 N–H and O–H groups in total. The molecule has 10 atom stereocenters. The summed E-state index contributed by atoms with van der Waals surface area (Å²) in [5, 5.41) is 111. The molecule has 2 aliphatic heterocycles. The van der Waals surface area contributed by atoms with Crippen LogP contribution in [-0.2, 0) is 74.3 Å². The van der Waals surface area contributed by atoms with Gasteiger partial charge in [0.2, 0.25) is 65.0 Å². The maximum absolute atomic E-state index is 15.1. The fourth-order valence-electron chi connectivity index (χ4n) is 14.6. The molecule has 4 aromatic rings. The van der Waals surface area contributed by atoms with Crippen molar-refractivity contribution in [2.75, 3.05) is 120 Å². The number of hydrogen-bond acceptors (Lipinski definition) is 31. The number of nitrogens with one attached hydrogen (secondary N) is 23. The molecule has 0 aromatic heterocycles. The number of amides is 12. The predicted molar refractivity (Wildman–Crippen MR) is 546 cm³/mol. The van der Waals surface area contributed by atoms with Crippen molar-refractivity contribution >= 4 is 173 Å². The second kappa shape index (κ2) is 60.0. The van der Waals surface area contributed by atoms with Crippen molar-refractivity contribution in [3.05, 3.63) is 112 Å². The number of carboxylic acids is 1. The Labute approximate surface area is 841 Å². The number of rotatable bonds is 64. The van der Waals surface area contributed by atoms with Crippen LogP contribution in [0, 0.1) is 32.5 Å². The smallest absolute Gasteiger partial charge is 0.340 e. The zero-order chi connectivity index (χ0) is 106. The van der Waals surface area contributed by atoms with Crippen LogP contribution in [0.3, 0.4) is 0 Å². The highest BCUT2D eigenvalue weighted by Gasteiger charge is 2.54. The number of carboxylic acid groups (broad SMARTS) is 1. The standard InChI is InChI=1S/C87H134N34O18S4/c1-120(2)48-20-25-53-65(41-48)138-66-42-49(121(3)4)21-26-54(66)87(53)52-24-19-47(40-51(52)80(137)139-87)69(125)111-56(12-6-32-104-82(93)94)71(127)113-57(13-7-33-105-83(95)96)72(128)114-59(15-9-35-107-85(99)100)74(130)117-61(27-28-67(90)123)76(132)116-58(14-8-34-106-84(97)98)73(129)115-60(16-10-36-108-86(101)102)75(131)118-64(45-143-141-38-30-89)78(134)119-63(44-142-140-37-29-88)77(133)112-55(11-5-31-103-81(91)92)70(126)109-43-68(124)110-62(79(135)136)39-46-17-22-50(122)23-18-46/h17-26,40-42,55-64,122H,5-16,27-39,43-45,88-89H2,1-4H3,(H2,90,123)(H,109,126)(H,110,124)(H,111,125)(H,112,133)(H,113,127)(H,114,128)(H,115,129)(H,116,132)(H,117,130)(H,118,131)(H,119,134)(H,135,136)(H4,91,92,103)(H4,93,94,104)(H4,95,96,105)(H4,97,98,106)(H4,99,100,107)(H4,101,102,108)/t55-,56-,57-,58-,59-,60-,61-,62-,63-,64-/m0/s1. The molecule has 0 saturated carbocycles. The average molecular weight is 2070 g/mol. The first-order chi connectivity index (χ1) is 67.9. The van der Waals surface area contributed by atoms with Gasteiger partial charge in [-0.3, -0.25) is 90.0 Å². The number of aliphatic carboxylic acids is 1. The van der Waals surface area contributed by atoms with Crippen molar-refractivity contribution in [2.24, 2.45) is 51.6 Å². The Bertz CT molecular complexity index is 5090. The second-order valence-corrected chi connectivity index (χ2v) is 38.6. The first-order valence-electron chi connectivity index (χ1n) is 45.6. The highest BCUT2D eigenvalue weighted by Crippen LogP contribution is 2.57. The van der Waals surface area contributed by atoms with Gasteiger partial charge in [0, 0.05) is 162 Å². The number of anilines is 2. The maximum Gasteiger partial charge on any atom is 0.340 e. The minimum absolute atomic E-state index is 0.000901. The summed E-state index contributed by atoms with van der Waals surface area (Å²) in [5.74, 6) is -15.9. The number of carbonyl (C=O) groups is 14. The number of carbonyl (C=O) groups excluding carboxylic acids is 13. The number of hydrogen-bond donors (Lipinski definition) is 34. The van der Waals surface area contributed by atoms with Crippen molar-refractivity contribution in [2.45, 2.75) is 162 Å². The van der Waals surface area contributed by atoms with Crippen molar-refractivity contribution in [3.63, 3.8) is 0 Å². The lowest BCUT2D eigenvalue weighted by atomic mass is 9.77. The molecule has 2 aliphatic rings. The average Bonchev–Trinajstić information content (AvgIpc) is 1.53. The Morgan fingerprint density at radius 3 is 1.06 bits per heavy atom. The van der Waals surface area contributed by atoms with Gasteiger partial charge >= 0.3 is 11.9 Å². The van der Waals surface area contributed by atoms with Gasteiger partial charge in [0.25, 0.3) is 5.91 Å². The number of aromatic hydroxyl groups is 1. The molecular weight excluding hydrogens is 1940 g/mol. The third kappa shape index (κ3) is 39.6. The van der Waals surface area contributed by atoms with Crippen LogP contribution >= 0.6 is 43.2 Å². The van der Waals surface area contributed by atoms with E-state index in [1.54, 1.807) is 18.2 Å². The van der Waals surface area contributed by atoms with Gasteiger partial charge in [-0.1, -0.05) is 61.4 Å². The van der Waals surface area contributed by atoms with Gasteiger partial charge in [-0.15, -0.1) is 0 Å². The van der Waals surface area contributed by atoms with Crippen LogP contribution in [0.2, 0.25) is 0 Å². The number of phenolic OH excluding ortho intramolecular Hbond substituents is 1. The van der Waals surface area contributed by atoms with Crippen LogP contribution in [0.25, 0.3) is 0 Å². The minimum Gasteiger partial charge on any atom is -0.508 e. The Balaban J connectivity index is 1.30. The van der Waals surface area contributed by atoms with Gasteiger partial charge in [-0.25, -0.2) is 9.59 Å². The van der Waals surface area contributed by atoms with Crippen LogP contribution in [0.5, 0.6) is 17.2 Å². The minimum atomic E-state index is -1.82. The molecule has 4 aromatic carbocycles. The summed E-state index contributed by atoms with van der Waals surface area (Å²) in [6.45, 7) is -0.663. The number of phenols is 1. The molecular formula is C87H134N34O18S4. The monoisotopic (exact) mass is 2070 g/mol. The Morgan fingerprint density at radius 2 is 0.720 bits per heavy atom. The van der Waals surface area contributed by atoms with Gasteiger partial charge in [-0.05, 0) is 138 Å². The number of fused-ring (bicyclic) bond motifs is 6. The van der Waals surface area contributed by atoms with Crippen LogP contribution in [-0.4, -0.2) is 299 Å². The number of nitrogens with zero attached hydrogens (tertiary/aromatic N) is 2. The summed E-state index contributed by atoms with van der Waals surface area (Å²) in [7, 11) is 12.1. The highest BCUT2D eigenvalue weighted by atomic mass is 33.1. The third-order valence-electron chi connectivity index (χ3n) is 21.8. The lowest BCUT2D eigenvalue weighted by Gasteiger charge is -2.37. The molecule has 784 valence electrons. The van der Waals surface area contributed by atoms with E-state index in [-0.39, 0.29) is 164 Å². The van der Waals surface area contributed by atoms with E-state index in [9.17, 15) is 48.6 Å². The molecule has 0 saturated heterocycles. The number of nitrogens with two attached hydrogens (primary N) is 9. The van der Waals surface area contributed by atoms with Crippen molar-refractivity contribution in [1.29, 1.82) is 32.5 Å².